The van der Waals surface area contributed by atoms with Crippen molar-refractivity contribution in [3.05, 3.63) is 58.9 Å². The lowest BCUT2D eigenvalue weighted by Gasteiger charge is -2.36. The average molecular weight is 441 g/mol. The Bertz CT molecular complexity index is 1010. The number of carbonyl (C=O) groups excluding carboxylic acids is 1. The molecule has 10 heteroatoms. The number of nitrogens with zero attached hydrogens (tertiary/aromatic N) is 3. The largest absolute Gasteiger partial charge is 0.433 e. The third-order valence-electron chi connectivity index (χ3n) is 4.81. The third-order valence-corrected chi connectivity index (χ3v) is 4.81. The second-order valence-corrected chi connectivity index (χ2v) is 6.96. The zero-order chi connectivity index (χ0) is 22.8. The maximum absolute atomic E-state index is 13.0. The molecule has 0 aliphatic carbocycles. The second-order valence-electron chi connectivity index (χ2n) is 6.96. The Morgan fingerprint density at radius 1 is 0.968 bits per heavy atom. The quantitative estimate of drug-likeness (QED) is 0.494. The number of benzene rings is 1. The summed E-state index contributed by atoms with van der Waals surface area (Å²) >= 11 is 0. The lowest BCUT2D eigenvalue weighted by Crippen LogP contribution is -2.48. The number of pyridine rings is 1. The molecule has 31 heavy (non-hydrogen) atoms. The fraction of sp³-hybridized carbons (Fsp3) is 0.333. The normalized spacial score (nSPS) is 14.8. The highest BCUT2D eigenvalue weighted by atomic mass is 19.4. The molecule has 0 atom stereocenters. The van der Waals surface area contributed by atoms with Crippen LogP contribution in [0.25, 0.3) is 0 Å². The summed E-state index contributed by atoms with van der Waals surface area (Å²) in [4.78, 5) is 18.8. The summed E-state index contributed by atoms with van der Waals surface area (Å²) in [6.45, 7) is 2.90. The van der Waals surface area contributed by atoms with Gasteiger partial charge in [-0.2, -0.15) is 26.3 Å². The molecule has 0 bridgehead atoms. The number of rotatable bonds is 1. The zero-order valence-electron chi connectivity index (χ0n) is 16.3. The summed E-state index contributed by atoms with van der Waals surface area (Å²) in [6.07, 6.45) is -8.06. The first-order valence-corrected chi connectivity index (χ1v) is 9.22. The average Bonchev–Trinajstić information content (AvgIpc) is 2.71. The molecule has 1 saturated heterocycles. The van der Waals surface area contributed by atoms with E-state index in [1.54, 1.807) is 11.8 Å². The summed E-state index contributed by atoms with van der Waals surface area (Å²) < 4.78 is 76.5. The molecule has 1 aliphatic rings. The molecular formula is C21H17F6N3O. The van der Waals surface area contributed by atoms with Gasteiger partial charge in [-0.05, 0) is 36.8 Å². The van der Waals surface area contributed by atoms with Gasteiger partial charge in [-0.25, -0.2) is 0 Å². The van der Waals surface area contributed by atoms with Gasteiger partial charge in [0.1, 0.15) is 5.69 Å². The fourth-order valence-corrected chi connectivity index (χ4v) is 3.12. The molecule has 1 fully saturated rings. The van der Waals surface area contributed by atoms with Crippen molar-refractivity contribution in [2.24, 2.45) is 0 Å². The van der Waals surface area contributed by atoms with Gasteiger partial charge >= 0.3 is 12.4 Å². The topological polar surface area (TPSA) is 36.4 Å². The molecule has 4 nitrogen and oxygen atoms in total. The number of aromatic nitrogens is 1. The monoisotopic (exact) mass is 441 g/mol. The molecule has 0 unspecified atom stereocenters. The minimum atomic E-state index is -4.56. The van der Waals surface area contributed by atoms with Gasteiger partial charge in [0.05, 0.1) is 5.56 Å². The Hall–Kier alpha value is -3.22. The predicted molar refractivity (Wildman–Crippen MR) is 101 cm³/mol. The van der Waals surface area contributed by atoms with E-state index in [1.165, 1.54) is 11.0 Å². The molecule has 3 rings (SSSR count). The van der Waals surface area contributed by atoms with Crippen molar-refractivity contribution < 1.29 is 31.1 Å². The Balaban J connectivity index is 1.63. The molecule has 0 N–H and O–H groups in total. The first-order chi connectivity index (χ1) is 14.4. The minimum Gasteiger partial charge on any atom is -0.368 e. The van der Waals surface area contributed by atoms with Crippen molar-refractivity contribution in [2.45, 2.75) is 19.3 Å². The van der Waals surface area contributed by atoms with E-state index in [2.05, 4.69) is 16.8 Å². The van der Waals surface area contributed by atoms with Gasteiger partial charge in [-0.1, -0.05) is 12.0 Å². The SMILES string of the molecule is Cc1ccc(C(F)(F)F)cc1N1CCN(C(=O)C#Cc2ccc(C(F)(F)F)nc2)CC1. The maximum Gasteiger partial charge on any atom is 0.433 e. The van der Waals surface area contributed by atoms with Crippen molar-refractivity contribution in [2.75, 3.05) is 31.1 Å². The Morgan fingerprint density at radius 3 is 2.19 bits per heavy atom. The molecule has 1 aromatic heterocycles. The van der Waals surface area contributed by atoms with Crippen LogP contribution >= 0.6 is 0 Å². The zero-order valence-corrected chi connectivity index (χ0v) is 16.3. The van der Waals surface area contributed by atoms with E-state index in [0.29, 0.717) is 24.3 Å². The van der Waals surface area contributed by atoms with Crippen molar-refractivity contribution in [1.29, 1.82) is 0 Å². The van der Waals surface area contributed by atoms with E-state index in [9.17, 15) is 31.1 Å². The molecule has 1 aromatic carbocycles. The summed E-state index contributed by atoms with van der Waals surface area (Å²) in [5.41, 5.74) is -0.459. The van der Waals surface area contributed by atoms with Crippen LogP contribution in [0.5, 0.6) is 0 Å². The smallest absolute Gasteiger partial charge is 0.368 e. The van der Waals surface area contributed by atoms with Crippen LogP contribution in [0.3, 0.4) is 0 Å². The van der Waals surface area contributed by atoms with Crippen LogP contribution < -0.4 is 4.90 Å². The second kappa shape index (κ2) is 8.49. The van der Waals surface area contributed by atoms with E-state index in [1.807, 2.05) is 0 Å². The van der Waals surface area contributed by atoms with Crippen molar-refractivity contribution in [3.8, 4) is 11.8 Å². The van der Waals surface area contributed by atoms with Crippen LogP contribution in [-0.2, 0) is 17.1 Å². The van der Waals surface area contributed by atoms with Crippen LogP contribution in [-0.4, -0.2) is 42.0 Å². The van der Waals surface area contributed by atoms with Gasteiger partial charge in [-0.3, -0.25) is 9.78 Å². The Labute approximate surface area is 174 Å². The Kier molecular flexibility index (Phi) is 6.15. The van der Waals surface area contributed by atoms with Crippen molar-refractivity contribution in [1.82, 2.24) is 9.88 Å². The molecule has 2 aromatic rings. The number of alkyl halides is 6. The van der Waals surface area contributed by atoms with Gasteiger partial charge in [0.15, 0.2) is 0 Å². The summed E-state index contributed by atoms with van der Waals surface area (Å²) in [5.74, 6) is 4.34. The van der Waals surface area contributed by atoms with Gasteiger partial charge in [-0.15, -0.1) is 0 Å². The van der Waals surface area contributed by atoms with E-state index < -0.39 is 29.5 Å². The third kappa shape index (κ3) is 5.48. The van der Waals surface area contributed by atoms with Gasteiger partial charge in [0.2, 0.25) is 0 Å². The summed E-state index contributed by atoms with van der Waals surface area (Å²) in [5, 5.41) is 0. The lowest BCUT2D eigenvalue weighted by molar-refractivity contribution is -0.141. The Morgan fingerprint density at radius 2 is 1.65 bits per heavy atom. The number of hydrogen-bond donors (Lipinski definition) is 0. The van der Waals surface area contributed by atoms with Crippen molar-refractivity contribution >= 4 is 11.6 Å². The van der Waals surface area contributed by atoms with E-state index >= 15 is 0 Å². The van der Waals surface area contributed by atoms with Crippen LogP contribution in [0.1, 0.15) is 22.4 Å². The standard InChI is InChI=1S/C21H17F6N3O/c1-14-2-5-16(20(22,23)24)12-17(14)29-8-10-30(11-9-29)19(31)7-4-15-3-6-18(28-13-15)21(25,26)27/h2-3,5-6,12-13H,8-11H2,1H3. The molecule has 2 heterocycles. The van der Waals surface area contributed by atoms with Gasteiger partial charge < -0.3 is 9.80 Å². The number of amides is 1. The van der Waals surface area contributed by atoms with Crippen LogP contribution in [0.4, 0.5) is 32.0 Å². The first kappa shape index (κ1) is 22.5. The molecule has 0 radical (unpaired) electrons. The predicted octanol–water partition coefficient (Wildman–Crippen LogP) is 4.13. The molecular weight excluding hydrogens is 424 g/mol. The van der Waals surface area contributed by atoms with Gasteiger partial charge in [0, 0.05) is 49.5 Å². The number of hydrogen-bond acceptors (Lipinski definition) is 3. The number of halogens is 6. The molecule has 0 saturated carbocycles. The lowest BCUT2D eigenvalue weighted by atomic mass is 10.1. The highest BCUT2D eigenvalue weighted by Crippen LogP contribution is 2.33. The van der Waals surface area contributed by atoms with Crippen LogP contribution in [0.2, 0.25) is 0 Å². The van der Waals surface area contributed by atoms with Crippen LogP contribution in [0.15, 0.2) is 36.5 Å². The van der Waals surface area contributed by atoms with Gasteiger partial charge in [0.25, 0.3) is 5.91 Å². The number of carbonyl (C=O) groups is 1. The summed E-state index contributed by atoms with van der Waals surface area (Å²) in [7, 11) is 0. The molecule has 1 aliphatic heterocycles. The van der Waals surface area contributed by atoms with E-state index in [4.69, 9.17) is 0 Å². The highest BCUT2D eigenvalue weighted by Gasteiger charge is 2.32. The highest BCUT2D eigenvalue weighted by molar-refractivity contribution is 5.94. The first-order valence-electron chi connectivity index (χ1n) is 9.22. The van der Waals surface area contributed by atoms with E-state index in [0.717, 1.165) is 30.5 Å². The molecule has 1 amide bonds. The van der Waals surface area contributed by atoms with Crippen LogP contribution in [0, 0.1) is 18.8 Å². The fourth-order valence-electron chi connectivity index (χ4n) is 3.12. The van der Waals surface area contributed by atoms with Crippen molar-refractivity contribution in [3.63, 3.8) is 0 Å². The number of aryl methyl sites for hydroxylation is 1. The minimum absolute atomic E-state index is 0.166. The number of piperazine rings is 1. The maximum atomic E-state index is 13.0. The molecule has 164 valence electrons. The summed E-state index contributed by atoms with van der Waals surface area (Å²) in [6, 6.07) is 5.46. The molecule has 0 spiro atoms. The number of anilines is 1. The van der Waals surface area contributed by atoms with E-state index in [-0.39, 0.29) is 18.7 Å².